The minimum Gasteiger partial charge on any atom is -0.490 e. The van der Waals surface area contributed by atoms with E-state index in [1.54, 1.807) is 44.2 Å². The zero-order chi connectivity index (χ0) is 32.5. The number of urea groups is 1. The summed E-state index contributed by atoms with van der Waals surface area (Å²) in [7, 11) is 1.27. The first-order chi connectivity index (χ1) is 21.6. The van der Waals surface area contributed by atoms with Crippen LogP contribution in [0.15, 0.2) is 75.4 Å². The summed E-state index contributed by atoms with van der Waals surface area (Å²) in [6.07, 6.45) is 0.220. The van der Waals surface area contributed by atoms with Crippen molar-refractivity contribution in [1.82, 2.24) is 16.1 Å². The second-order valence-electron chi connectivity index (χ2n) is 9.64. The van der Waals surface area contributed by atoms with E-state index in [0.717, 1.165) is 10.0 Å². The average molecular weight is 722 g/mol. The zero-order valence-electron chi connectivity index (χ0n) is 24.5. The summed E-state index contributed by atoms with van der Waals surface area (Å²) in [4.78, 5) is 24.6. The highest BCUT2D eigenvalue weighted by molar-refractivity contribution is 9.10. The Balaban J connectivity index is 1.42. The predicted molar refractivity (Wildman–Crippen MR) is 174 cm³/mol. The fourth-order valence-electron chi connectivity index (χ4n) is 4.38. The molecule has 0 saturated heterocycles. The molecule has 2 amide bonds. The van der Waals surface area contributed by atoms with Crippen molar-refractivity contribution < 1.29 is 33.6 Å². The van der Waals surface area contributed by atoms with Gasteiger partial charge in [0.05, 0.1) is 36.6 Å². The molecule has 0 unspecified atom stereocenters. The van der Waals surface area contributed by atoms with Crippen molar-refractivity contribution in [3.8, 4) is 17.2 Å². The van der Waals surface area contributed by atoms with Crippen molar-refractivity contribution in [1.29, 1.82) is 0 Å². The second-order valence-corrected chi connectivity index (χ2v) is 11.4. The van der Waals surface area contributed by atoms with Crippen LogP contribution in [-0.2, 0) is 16.1 Å². The molecule has 1 aliphatic heterocycles. The van der Waals surface area contributed by atoms with Crippen molar-refractivity contribution in [2.24, 2.45) is 5.10 Å². The Morgan fingerprint density at radius 3 is 2.58 bits per heavy atom. The second kappa shape index (κ2) is 15.8. The van der Waals surface area contributed by atoms with E-state index in [9.17, 15) is 14.7 Å². The average Bonchev–Trinajstić information content (AvgIpc) is 3.00. The topological polar surface area (TPSA) is 140 Å². The van der Waals surface area contributed by atoms with Crippen molar-refractivity contribution in [2.45, 2.75) is 32.7 Å². The van der Waals surface area contributed by atoms with E-state index >= 15 is 0 Å². The normalized spacial score (nSPS) is 15.3. The maximum Gasteiger partial charge on any atom is 0.337 e. The number of nitrogens with one attached hydrogen (secondary N) is 3. The van der Waals surface area contributed by atoms with Crippen LogP contribution >= 0.6 is 39.1 Å². The fraction of sp³-hybridized carbons (Fsp3) is 0.258. The van der Waals surface area contributed by atoms with Gasteiger partial charge < -0.3 is 34.7 Å². The molecule has 14 heteroatoms. The van der Waals surface area contributed by atoms with Crippen molar-refractivity contribution in [2.75, 3.05) is 20.3 Å². The Hall–Kier alpha value is -3.97. The summed E-state index contributed by atoms with van der Waals surface area (Å²) in [6.45, 7) is 3.81. The molecule has 3 aromatic rings. The number of esters is 1. The van der Waals surface area contributed by atoms with Gasteiger partial charge in [0.1, 0.15) is 19.0 Å². The van der Waals surface area contributed by atoms with Gasteiger partial charge >= 0.3 is 12.0 Å². The van der Waals surface area contributed by atoms with Gasteiger partial charge in [-0.05, 0) is 61.4 Å². The number of rotatable bonds is 13. The van der Waals surface area contributed by atoms with Crippen LogP contribution < -0.4 is 30.3 Å². The Morgan fingerprint density at radius 1 is 1.11 bits per heavy atom. The third-order valence-corrected chi connectivity index (χ3v) is 7.46. The number of carbonyl (C=O) groups is 2. The van der Waals surface area contributed by atoms with Crippen LogP contribution in [0.3, 0.4) is 0 Å². The van der Waals surface area contributed by atoms with Gasteiger partial charge in [0.2, 0.25) is 0 Å². The molecule has 1 heterocycles. The molecule has 0 saturated carbocycles. The monoisotopic (exact) mass is 720 g/mol. The molecule has 0 spiro atoms. The highest BCUT2D eigenvalue weighted by Gasteiger charge is 2.32. The van der Waals surface area contributed by atoms with E-state index in [1.165, 1.54) is 13.3 Å². The molecule has 238 valence electrons. The van der Waals surface area contributed by atoms with E-state index in [4.69, 9.17) is 42.1 Å². The van der Waals surface area contributed by atoms with E-state index < -0.39 is 24.3 Å². The molecular formula is C31H31BrCl2N4O7. The Bertz CT molecular complexity index is 1600. The van der Waals surface area contributed by atoms with Crippen LogP contribution in [0.2, 0.25) is 10.0 Å². The van der Waals surface area contributed by atoms with Crippen LogP contribution in [0, 0.1) is 0 Å². The molecule has 4 rings (SSSR count). The number of aliphatic hydroxyl groups excluding tert-OH is 1. The smallest absolute Gasteiger partial charge is 0.337 e. The number of benzene rings is 3. The Morgan fingerprint density at radius 2 is 1.87 bits per heavy atom. The largest absolute Gasteiger partial charge is 0.490 e. The first kappa shape index (κ1) is 33.9. The highest BCUT2D eigenvalue weighted by atomic mass is 79.9. The quantitative estimate of drug-likeness (QED) is 0.0746. The number of halogens is 3. The summed E-state index contributed by atoms with van der Waals surface area (Å²) in [5.41, 5.74) is 5.25. The van der Waals surface area contributed by atoms with Crippen LogP contribution in [0.25, 0.3) is 0 Å². The van der Waals surface area contributed by atoms with Crippen molar-refractivity contribution >= 4 is 57.3 Å². The third kappa shape index (κ3) is 9.04. The summed E-state index contributed by atoms with van der Waals surface area (Å²) in [5, 5.41) is 20.6. The molecule has 45 heavy (non-hydrogen) atoms. The molecule has 0 fully saturated rings. The molecule has 4 N–H and O–H groups in total. The lowest BCUT2D eigenvalue weighted by molar-refractivity contribution is -0.136. The molecule has 2 atom stereocenters. The Kier molecular flexibility index (Phi) is 11.9. The zero-order valence-corrected chi connectivity index (χ0v) is 27.6. The summed E-state index contributed by atoms with van der Waals surface area (Å²) in [6, 6.07) is 14.6. The van der Waals surface area contributed by atoms with E-state index in [0.29, 0.717) is 50.7 Å². The van der Waals surface area contributed by atoms with Crippen LogP contribution in [-0.4, -0.2) is 49.9 Å². The number of nitrogens with zero attached hydrogens (tertiary/aromatic N) is 1. The van der Waals surface area contributed by atoms with Crippen LogP contribution in [0.1, 0.15) is 36.6 Å². The van der Waals surface area contributed by atoms with Gasteiger partial charge in [-0.15, -0.1) is 0 Å². The van der Waals surface area contributed by atoms with Gasteiger partial charge in [0.25, 0.3) is 0 Å². The van der Waals surface area contributed by atoms with E-state index in [2.05, 4.69) is 37.1 Å². The van der Waals surface area contributed by atoms with E-state index in [1.807, 2.05) is 24.3 Å². The number of hydrazone groups is 1. The van der Waals surface area contributed by atoms with Gasteiger partial charge in [0.15, 0.2) is 17.7 Å². The van der Waals surface area contributed by atoms with Gasteiger partial charge in [-0.3, -0.25) is 5.43 Å². The van der Waals surface area contributed by atoms with Crippen LogP contribution in [0.4, 0.5) is 4.79 Å². The number of hydrogen-bond acceptors (Lipinski definition) is 9. The minimum atomic E-state index is -1.21. The maximum absolute atomic E-state index is 12.5. The number of ether oxygens (including phenoxy) is 4. The molecule has 3 aromatic carbocycles. The lowest BCUT2D eigenvalue weighted by Crippen LogP contribution is -2.45. The first-order valence-electron chi connectivity index (χ1n) is 13.7. The SMILES string of the molecule is CCOc1cc([C@@H]2NC(=O)NC(C)=C2C(=O)OC)ccc1OC[C@H](O)N/N=C/c1cc(Cl)cc(Cl)c1OCc1ccc(Br)cc1. The predicted octanol–water partition coefficient (Wildman–Crippen LogP) is 5.86. The number of amides is 2. The standard InChI is InChI=1S/C31H31BrCl2N4O7/c1-4-43-25-12-19(28-27(30(40)42-3)17(2)36-31(41)37-28)7-10-24(25)44-16-26(39)38-35-14-20-11-22(33)13-23(34)29(20)45-15-18-5-8-21(32)9-6-18/h5-14,26,28,38-39H,4,15-16H2,1-3H3,(H2,36,37,41)/b35-14+/t26-,28-/m0/s1. The number of carbonyl (C=O) groups excluding carboxylic acids is 2. The molecule has 0 radical (unpaired) electrons. The highest BCUT2D eigenvalue weighted by Crippen LogP contribution is 2.35. The number of aliphatic hydroxyl groups is 1. The number of methoxy groups -OCH3 is 1. The van der Waals surface area contributed by atoms with Gasteiger partial charge in [-0.1, -0.05) is 57.3 Å². The first-order valence-corrected chi connectivity index (χ1v) is 15.2. The number of allylic oxidation sites excluding steroid dienone is 1. The number of hydrogen-bond donors (Lipinski definition) is 4. The fourth-order valence-corrected chi connectivity index (χ4v) is 5.21. The molecule has 0 bridgehead atoms. The van der Waals surface area contributed by atoms with Gasteiger partial charge in [0, 0.05) is 20.8 Å². The summed E-state index contributed by atoms with van der Waals surface area (Å²) in [5.74, 6) is 0.478. The molecule has 11 nitrogen and oxygen atoms in total. The Labute approximate surface area is 278 Å². The van der Waals surface area contributed by atoms with Gasteiger partial charge in [-0.25, -0.2) is 9.59 Å². The molecule has 0 aliphatic carbocycles. The molecule has 1 aliphatic rings. The van der Waals surface area contributed by atoms with Crippen molar-refractivity contribution in [3.63, 3.8) is 0 Å². The maximum atomic E-state index is 12.5. The lowest BCUT2D eigenvalue weighted by Gasteiger charge is -2.28. The van der Waals surface area contributed by atoms with Crippen molar-refractivity contribution in [3.05, 3.63) is 97.1 Å². The van der Waals surface area contributed by atoms with E-state index in [-0.39, 0.29) is 18.8 Å². The third-order valence-electron chi connectivity index (χ3n) is 6.43. The van der Waals surface area contributed by atoms with Crippen LogP contribution in [0.5, 0.6) is 17.2 Å². The summed E-state index contributed by atoms with van der Waals surface area (Å²) < 4.78 is 23.4. The lowest BCUT2D eigenvalue weighted by atomic mass is 9.95. The minimum absolute atomic E-state index is 0.198. The molecular weight excluding hydrogens is 691 g/mol. The van der Waals surface area contributed by atoms with Gasteiger partial charge in [-0.2, -0.15) is 5.10 Å². The molecule has 0 aromatic heterocycles. The summed E-state index contributed by atoms with van der Waals surface area (Å²) >= 11 is 16.0.